The van der Waals surface area contributed by atoms with Gasteiger partial charge in [0.25, 0.3) is 0 Å². The molecule has 1 saturated heterocycles. The van der Waals surface area contributed by atoms with E-state index >= 15 is 0 Å². The fourth-order valence-corrected chi connectivity index (χ4v) is 2.88. The summed E-state index contributed by atoms with van der Waals surface area (Å²) >= 11 is 0. The van der Waals surface area contributed by atoms with E-state index in [0.29, 0.717) is 12.2 Å². The molecule has 0 bridgehead atoms. The van der Waals surface area contributed by atoms with Crippen LogP contribution in [0.5, 0.6) is 0 Å². The highest BCUT2D eigenvalue weighted by Gasteiger charge is 2.26. The lowest BCUT2D eigenvalue weighted by atomic mass is 9.97. The number of aryl methyl sites for hydroxylation is 1. The van der Waals surface area contributed by atoms with E-state index in [4.69, 9.17) is 5.73 Å². The Morgan fingerprint density at radius 2 is 1.96 bits per heavy atom. The number of carbonyl (C=O) groups is 3. The number of primary amides is 1. The van der Waals surface area contributed by atoms with Crippen molar-refractivity contribution in [2.45, 2.75) is 19.8 Å². The van der Waals surface area contributed by atoms with E-state index in [-0.39, 0.29) is 36.7 Å². The number of nitrogens with two attached hydrogens (primary N) is 1. The van der Waals surface area contributed by atoms with Crippen LogP contribution in [0.4, 0.5) is 5.69 Å². The minimum Gasteiger partial charge on any atom is -0.369 e. The van der Waals surface area contributed by atoms with Crippen molar-refractivity contribution in [3.63, 3.8) is 0 Å². The topological polar surface area (TPSA) is 95.7 Å². The first-order valence-corrected chi connectivity index (χ1v) is 8.47. The Kier molecular flexibility index (Phi) is 6.52. The summed E-state index contributed by atoms with van der Waals surface area (Å²) in [6.45, 7) is 3.42. The maximum atomic E-state index is 12.3. The number of benzene rings is 1. The molecule has 3 amide bonds. The van der Waals surface area contributed by atoms with Gasteiger partial charge in [0.1, 0.15) is 0 Å². The normalized spacial score (nSPS) is 17.8. The van der Waals surface area contributed by atoms with E-state index in [1.54, 1.807) is 7.05 Å². The van der Waals surface area contributed by atoms with Crippen LogP contribution in [0.3, 0.4) is 0 Å². The van der Waals surface area contributed by atoms with Crippen LogP contribution in [0.15, 0.2) is 24.3 Å². The maximum Gasteiger partial charge on any atom is 0.243 e. The van der Waals surface area contributed by atoms with E-state index < -0.39 is 0 Å². The van der Waals surface area contributed by atoms with E-state index in [9.17, 15) is 14.4 Å². The molecule has 2 rings (SSSR count). The van der Waals surface area contributed by atoms with Crippen LogP contribution in [0.25, 0.3) is 0 Å². The predicted octanol–water partition coefficient (Wildman–Crippen LogP) is 0.589. The maximum absolute atomic E-state index is 12.3. The van der Waals surface area contributed by atoms with Crippen LogP contribution in [-0.4, -0.2) is 60.7 Å². The second kappa shape index (κ2) is 8.62. The van der Waals surface area contributed by atoms with E-state index in [0.717, 1.165) is 24.9 Å². The summed E-state index contributed by atoms with van der Waals surface area (Å²) < 4.78 is 0. The zero-order valence-corrected chi connectivity index (χ0v) is 14.8. The van der Waals surface area contributed by atoms with Crippen molar-refractivity contribution in [1.82, 2.24) is 9.80 Å². The lowest BCUT2D eigenvalue weighted by Crippen LogP contribution is -2.47. The van der Waals surface area contributed by atoms with Gasteiger partial charge in [-0.3, -0.25) is 19.3 Å². The first-order chi connectivity index (χ1) is 11.8. The summed E-state index contributed by atoms with van der Waals surface area (Å²) in [5.74, 6) is -0.905. The molecule has 25 heavy (non-hydrogen) atoms. The predicted molar refractivity (Wildman–Crippen MR) is 95.8 cm³/mol. The van der Waals surface area contributed by atoms with Crippen molar-refractivity contribution >= 4 is 23.4 Å². The molecular formula is C18H26N4O3. The summed E-state index contributed by atoms with van der Waals surface area (Å²) in [6, 6.07) is 7.48. The van der Waals surface area contributed by atoms with Crippen LogP contribution in [-0.2, 0) is 14.4 Å². The van der Waals surface area contributed by atoms with Crippen molar-refractivity contribution in [1.29, 1.82) is 0 Å². The van der Waals surface area contributed by atoms with Crippen LogP contribution in [0.2, 0.25) is 0 Å². The molecule has 1 aromatic carbocycles. The average molecular weight is 346 g/mol. The largest absolute Gasteiger partial charge is 0.369 e. The number of anilines is 1. The van der Waals surface area contributed by atoms with Gasteiger partial charge in [0.2, 0.25) is 17.7 Å². The Labute approximate surface area is 148 Å². The van der Waals surface area contributed by atoms with Crippen molar-refractivity contribution in [2.24, 2.45) is 11.7 Å². The van der Waals surface area contributed by atoms with Gasteiger partial charge in [-0.15, -0.1) is 0 Å². The third-order valence-electron chi connectivity index (χ3n) is 4.41. The minimum absolute atomic E-state index is 0.0141. The Bertz CT molecular complexity index is 630. The minimum atomic E-state index is -0.317. The third kappa shape index (κ3) is 5.86. The van der Waals surface area contributed by atoms with Gasteiger partial charge in [-0.25, -0.2) is 0 Å². The standard InChI is InChI=1S/C18H26N4O3/c1-13-5-7-15(8-6-13)20-16(23)11-21(2)17(24)12-22-9-3-4-14(10-22)18(19)25/h5-8,14H,3-4,9-12H2,1-2H3,(H2,19,25)(H,20,23)/t14-/m0/s1. The van der Waals surface area contributed by atoms with Crippen molar-refractivity contribution in [2.75, 3.05) is 38.5 Å². The van der Waals surface area contributed by atoms with Gasteiger partial charge < -0.3 is 16.0 Å². The van der Waals surface area contributed by atoms with Crippen molar-refractivity contribution in [3.8, 4) is 0 Å². The molecule has 136 valence electrons. The molecular weight excluding hydrogens is 320 g/mol. The molecule has 0 aliphatic carbocycles. The zero-order chi connectivity index (χ0) is 18.4. The molecule has 1 aromatic rings. The fourth-order valence-electron chi connectivity index (χ4n) is 2.88. The van der Waals surface area contributed by atoms with Crippen molar-refractivity contribution < 1.29 is 14.4 Å². The molecule has 0 spiro atoms. The van der Waals surface area contributed by atoms with Gasteiger partial charge in [0.15, 0.2) is 0 Å². The number of likely N-dealkylation sites (N-methyl/N-ethyl adjacent to an activating group) is 1. The highest BCUT2D eigenvalue weighted by atomic mass is 16.2. The monoisotopic (exact) mass is 346 g/mol. The molecule has 1 heterocycles. The SMILES string of the molecule is Cc1ccc(NC(=O)CN(C)C(=O)CN2CCC[C@H](C(N)=O)C2)cc1. The fraction of sp³-hybridized carbons (Fsp3) is 0.500. The van der Waals surface area contributed by atoms with Gasteiger partial charge in [-0.05, 0) is 38.4 Å². The lowest BCUT2D eigenvalue weighted by molar-refractivity contribution is -0.135. The van der Waals surface area contributed by atoms with E-state index in [2.05, 4.69) is 5.32 Å². The number of nitrogens with zero attached hydrogens (tertiary/aromatic N) is 2. The van der Waals surface area contributed by atoms with Gasteiger partial charge >= 0.3 is 0 Å². The van der Waals surface area contributed by atoms with Crippen LogP contribution < -0.4 is 11.1 Å². The second-order valence-electron chi connectivity index (χ2n) is 6.64. The molecule has 7 nitrogen and oxygen atoms in total. The Morgan fingerprint density at radius 1 is 1.28 bits per heavy atom. The van der Waals surface area contributed by atoms with Crippen LogP contribution >= 0.6 is 0 Å². The summed E-state index contributed by atoms with van der Waals surface area (Å²) in [5.41, 5.74) is 7.17. The molecule has 1 aliphatic heterocycles. The first-order valence-electron chi connectivity index (χ1n) is 8.47. The lowest BCUT2D eigenvalue weighted by Gasteiger charge is -2.31. The Hall–Kier alpha value is -2.41. The van der Waals surface area contributed by atoms with Gasteiger partial charge in [-0.2, -0.15) is 0 Å². The van der Waals surface area contributed by atoms with Crippen molar-refractivity contribution in [3.05, 3.63) is 29.8 Å². The van der Waals surface area contributed by atoms with Gasteiger partial charge in [0.05, 0.1) is 19.0 Å². The molecule has 1 aliphatic rings. The molecule has 3 N–H and O–H groups in total. The Balaban J connectivity index is 1.80. The van der Waals surface area contributed by atoms with E-state index in [1.165, 1.54) is 4.90 Å². The molecule has 0 saturated carbocycles. The number of hydrogen-bond donors (Lipinski definition) is 2. The zero-order valence-electron chi connectivity index (χ0n) is 14.8. The van der Waals surface area contributed by atoms with Crippen LogP contribution in [0, 0.1) is 12.8 Å². The summed E-state index contributed by atoms with van der Waals surface area (Å²) in [6.07, 6.45) is 1.62. The highest BCUT2D eigenvalue weighted by molar-refractivity contribution is 5.94. The molecule has 1 fully saturated rings. The number of amides is 3. The molecule has 0 radical (unpaired) electrons. The smallest absolute Gasteiger partial charge is 0.243 e. The van der Waals surface area contributed by atoms with Gasteiger partial charge in [-0.1, -0.05) is 17.7 Å². The molecule has 0 aromatic heterocycles. The molecule has 0 unspecified atom stereocenters. The number of carbonyl (C=O) groups excluding carboxylic acids is 3. The third-order valence-corrected chi connectivity index (χ3v) is 4.41. The summed E-state index contributed by atoms with van der Waals surface area (Å²) in [7, 11) is 1.60. The quantitative estimate of drug-likeness (QED) is 0.788. The number of rotatable bonds is 6. The van der Waals surface area contributed by atoms with E-state index in [1.807, 2.05) is 36.1 Å². The number of piperidine rings is 1. The number of hydrogen-bond acceptors (Lipinski definition) is 4. The van der Waals surface area contributed by atoms with Gasteiger partial charge in [0, 0.05) is 19.3 Å². The number of likely N-dealkylation sites (tertiary alicyclic amines) is 1. The highest BCUT2D eigenvalue weighted by Crippen LogP contribution is 2.15. The first kappa shape index (κ1) is 18.9. The molecule has 7 heteroatoms. The molecule has 1 atom stereocenters. The Morgan fingerprint density at radius 3 is 2.60 bits per heavy atom. The van der Waals surface area contributed by atoms with Crippen LogP contribution in [0.1, 0.15) is 18.4 Å². The second-order valence-corrected chi connectivity index (χ2v) is 6.64. The summed E-state index contributed by atoms with van der Waals surface area (Å²) in [5, 5.41) is 2.77. The average Bonchev–Trinajstić information content (AvgIpc) is 2.57. The number of nitrogens with one attached hydrogen (secondary N) is 1. The summed E-state index contributed by atoms with van der Waals surface area (Å²) in [4.78, 5) is 39.0.